The van der Waals surface area contributed by atoms with Crippen LogP contribution < -0.4 is 0 Å². The molecule has 1 unspecified atom stereocenters. The second kappa shape index (κ2) is 10.7. The van der Waals surface area contributed by atoms with Crippen molar-refractivity contribution in [2.24, 2.45) is 0 Å². The maximum absolute atomic E-state index is 13.6. The second-order valence-corrected chi connectivity index (χ2v) is 9.74. The van der Waals surface area contributed by atoms with Gasteiger partial charge in [-0.1, -0.05) is 54.6 Å². The van der Waals surface area contributed by atoms with E-state index in [0.29, 0.717) is 6.42 Å². The van der Waals surface area contributed by atoms with Crippen LogP contribution in [0.3, 0.4) is 0 Å². The Labute approximate surface area is 205 Å². The molecule has 182 valence electrons. The standard InChI is InChI=1S/C30H31F2NO2/c31-24-13-9-22(10-14-24)30(23-11-15-25(32)16-12-23)35-28-19-26-17-18-27(20-28)33(26)29(34)8-4-7-21-5-2-1-3-6-21/h1-3,5-6,9-16,26-28,30H,4,7-8,17-20H2/t26-,27+,28?. The Bertz CT molecular complexity index is 1060. The Hall–Kier alpha value is -3.05. The van der Waals surface area contributed by atoms with Gasteiger partial charge in [0.2, 0.25) is 5.91 Å². The molecule has 5 rings (SSSR count). The van der Waals surface area contributed by atoms with Crippen molar-refractivity contribution in [1.82, 2.24) is 4.90 Å². The smallest absolute Gasteiger partial charge is 0.223 e. The maximum Gasteiger partial charge on any atom is 0.223 e. The summed E-state index contributed by atoms with van der Waals surface area (Å²) in [6, 6.07) is 23.3. The summed E-state index contributed by atoms with van der Waals surface area (Å²) in [7, 11) is 0. The van der Waals surface area contributed by atoms with E-state index in [1.807, 2.05) is 18.2 Å². The zero-order valence-corrected chi connectivity index (χ0v) is 19.8. The topological polar surface area (TPSA) is 29.5 Å². The van der Waals surface area contributed by atoms with E-state index in [2.05, 4.69) is 17.0 Å². The lowest BCUT2D eigenvalue weighted by Crippen LogP contribution is -2.48. The van der Waals surface area contributed by atoms with Gasteiger partial charge in [0.05, 0.1) is 6.10 Å². The van der Waals surface area contributed by atoms with Crippen LogP contribution in [0.1, 0.15) is 61.3 Å². The average Bonchev–Trinajstić information content (AvgIpc) is 3.14. The second-order valence-electron chi connectivity index (χ2n) is 9.74. The van der Waals surface area contributed by atoms with Crippen LogP contribution in [0.15, 0.2) is 78.9 Å². The Morgan fingerprint density at radius 3 is 1.91 bits per heavy atom. The molecule has 2 fully saturated rings. The molecule has 3 aromatic carbocycles. The number of halogens is 2. The Morgan fingerprint density at radius 2 is 1.37 bits per heavy atom. The quantitative estimate of drug-likeness (QED) is 0.367. The summed E-state index contributed by atoms with van der Waals surface area (Å²) in [4.78, 5) is 15.2. The molecular formula is C30H31F2NO2. The van der Waals surface area contributed by atoms with Gasteiger partial charge in [0, 0.05) is 18.5 Å². The van der Waals surface area contributed by atoms with E-state index in [1.165, 1.54) is 29.8 Å². The minimum Gasteiger partial charge on any atom is -0.365 e. The van der Waals surface area contributed by atoms with Crippen LogP contribution in [-0.2, 0) is 16.0 Å². The summed E-state index contributed by atoms with van der Waals surface area (Å²) in [5.74, 6) is -0.354. The number of amides is 1. The Kier molecular flexibility index (Phi) is 7.24. The molecular weight excluding hydrogens is 444 g/mol. The average molecular weight is 476 g/mol. The zero-order chi connectivity index (χ0) is 24.2. The molecule has 2 aliphatic heterocycles. The molecule has 2 aliphatic rings. The van der Waals surface area contributed by atoms with Crippen molar-refractivity contribution in [3.8, 4) is 0 Å². The fraction of sp³-hybridized carbons (Fsp3) is 0.367. The third-order valence-electron chi connectivity index (χ3n) is 7.35. The molecule has 2 heterocycles. The first-order valence-electron chi connectivity index (χ1n) is 12.6. The molecule has 35 heavy (non-hydrogen) atoms. The van der Waals surface area contributed by atoms with Crippen molar-refractivity contribution >= 4 is 5.91 Å². The summed E-state index contributed by atoms with van der Waals surface area (Å²) in [6.45, 7) is 0. The van der Waals surface area contributed by atoms with Crippen molar-refractivity contribution in [2.45, 2.75) is 69.2 Å². The number of hydrogen-bond donors (Lipinski definition) is 0. The minimum atomic E-state index is -0.409. The van der Waals surface area contributed by atoms with Crippen molar-refractivity contribution in [3.63, 3.8) is 0 Å². The van der Waals surface area contributed by atoms with Crippen molar-refractivity contribution < 1.29 is 18.3 Å². The van der Waals surface area contributed by atoms with Crippen molar-refractivity contribution in [1.29, 1.82) is 0 Å². The number of hydrogen-bond acceptors (Lipinski definition) is 2. The van der Waals surface area contributed by atoms with Gasteiger partial charge in [-0.3, -0.25) is 4.79 Å². The van der Waals surface area contributed by atoms with Crippen LogP contribution in [-0.4, -0.2) is 29.0 Å². The Morgan fingerprint density at radius 1 is 0.829 bits per heavy atom. The zero-order valence-electron chi connectivity index (χ0n) is 19.8. The van der Waals surface area contributed by atoms with Gasteiger partial charge in [-0.05, 0) is 79.5 Å². The number of benzene rings is 3. The molecule has 0 saturated carbocycles. The van der Waals surface area contributed by atoms with Crippen LogP contribution in [0.25, 0.3) is 0 Å². The van der Waals surface area contributed by atoms with Crippen LogP contribution in [0.4, 0.5) is 8.78 Å². The first-order chi connectivity index (χ1) is 17.1. The molecule has 1 amide bonds. The molecule has 3 aromatic rings. The third kappa shape index (κ3) is 5.62. The monoisotopic (exact) mass is 475 g/mol. The molecule has 0 radical (unpaired) electrons. The van der Waals surface area contributed by atoms with E-state index in [0.717, 1.165) is 49.7 Å². The van der Waals surface area contributed by atoms with Crippen LogP contribution in [0.5, 0.6) is 0 Å². The minimum absolute atomic E-state index is 0.0130. The van der Waals surface area contributed by atoms with Gasteiger partial charge in [-0.25, -0.2) is 8.78 Å². The number of carbonyl (C=O) groups excluding carboxylic acids is 1. The summed E-state index contributed by atoms with van der Waals surface area (Å²) in [5, 5.41) is 0. The summed E-state index contributed by atoms with van der Waals surface area (Å²) < 4.78 is 33.7. The molecule has 0 spiro atoms. The number of ether oxygens (including phenoxy) is 1. The number of nitrogens with zero attached hydrogens (tertiary/aromatic N) is 1. The molecule has 0 aromatic heterocycles. The lowest BCUT2D eigenvalue weighted by Gasteiger charge is -2.40. The number of rotatable bonds is 8. The lowest BCUT2D eigenvalue weighted by atomic mass is 9.96. The van der Waals surface area contributed by atoms with E-state index in [4.69, 9.17) is 4.74 Å². The van der Waals surface area contributed by atoms with E-state index in [9.17, 15) is 13.6 Å². The molecule has 0 N–H and O–H groups in total. The predicted octanol–water partition coefficient (Wildman–Crippen LogP) is 6.62. The van der Waals surface area contributed by atoms with Gasteiger partial charge in [0.1, 0.15) is 17.7 Å². The van der Waals surface area contributed by atoms with Gasteiger partial charge in [-0.15, -0.1) is 0 Å². The van der Waals surface area contributed by atoms with Crippen molar-refractivity contribution in [2.75, 3.05) is 0 Å². The fourth-order valence-corrected chi connectivity index (χ4v) is 5.68. The highest BCUT2D eigenvalue weighted by Gasteiger charge is 2.43. The van der Waals surface area contributed by atoms with Crippen LogP contribution in [0.2, 0.25) is 0 Å². The summed E-state index contributed by atoms with van der Waals surface area (Å²) in [5.41, 5.74) is 2.94. The van der Waals surface area contributed by atoms with Crippen LogP contribution >= 0.6 is 0 Å². The third-order valence-corrected chi connectivity index (χ3v) is 7.35. The van der Waals surface area contributed by atoms with Crippen molar-refractivity contribution in [3.05, 3.63) is 107 Å². The largest absolute Gasteiger partial charge is 0.365 e. The molecule has 3 nitrogen and oxygen atoms in total. The molecule has 2 saturated heterocycles. The van der Waals surface area contributed by atoms with E-state index in [-0.39, 0.29) is 35.7 Å². The van der Waals surface area contributed by atoms with E-state index in [1.54, 1.807) is 24.3 Å². The van der Waals surface area contributed by atoms with E-state index < -0.39 is 6.10 Å². The van der Waals surface area contributed by atoms with Crippen LogP contribution in [0, 0.1) is 11.6 Å². The number of carbonyl (C=O) groups is 1. The highest BCUT2D eigenvalue weighted by atomic mass is 19.1. The fourth-order valence-electron chi connectivity index (χ4n) is 5.68. The van der Waals surface area contributed by atoms with E-state index >= 15 is 0 Å². The number of fused-ring (bicyclic) bond motifs is 2. The SMILES string of the molecule is O=C(CCCc1ccccc1)N1[C@@H]2CC[C@H]1CC(OC(c1ccc(F)cc1)c1ccc(F)cc1)C2. The lowest BCUT2D eigenvalue weighted by molar-refractivity contribution is -0.139. The normalized spacial score (nSPS) is 21.5. The number of aryl methyl sites for hydroxylation is 1. The first kappa shape index (κ1) is 23.7. The summed E-state index contributed by atoms with van der Waals surface area (Å²) >= 11 is 0. The summed E-state index contributed by atoms with van der Waals surface area (Å²) in [6.07, 6.45) is 5.52. The molecule has 2 bridgehead atoms. The first-order valence-corrected chi connectivity index (χ1v) is 12.6. The van der Waals surface area contributed by atoms with Gasteiger partial charge >= 0.3 is 0 Å². The highest BCUT2D eigenvalue weighted by molar-refractivity contribution is 5.77. The van der Waals surface area contributed by atoms with Gasteiger partial charge in [0.15, 0.2) is 0 Å². The molecule has 0 aliphatic carbocycles. The molecule has 5 heteroatoms. The van der Waals surface area contributed by atoms with Gasteiger partial charge in [0.25, 0.3) is 0 Å². The number of piperidine rings is 1. The van der Waals surface area contributed by atoms with Gasteiger partial charge < -0.3 is 9.64 Å². The van der Waals surface area contributed by atoms with Gasteiger partial charge in [-0.2, -0.15) is 0 Å². The Balaban J connectivity index is 1.24. The maximum atomic E-state index is 13.6. The predicted molar refractivity (Wildman–Crippen MR) is 132 cm³/mol. The molecule has 3 atom stereocenters. The highest BCUT2D eigenvalue weighted by Crippen LogP contribution is 2.40.